The van der Waals surface area contributed by atoms with Crippen LogP contribution in [0.4, 0.5) is 8.78 Å². The van der Waals surface area contributed by atoms with Crippen LogP contribution in [0.2, 0.25) is 10.0 Å². The molecule has 0 aromatic heterocycles. The van der Waals surface area contributed by atoms with Gasteiger partial charge in [0.05, 0.1) is 23.1 Å². The standard InChI is InChI=1S/C31H35Cl2F2N3O3/c1-30(2,3)14-24-31(16-36,21-12-11-19(32)13-23(21)34)25(20-5-4-6-22(33)26(20)35)27(38-24)28(39)37-15-17-7-9-18(10-8-17)29(40)41/h4-6,11-13,17-18,24-25,27,38H,7-10,14-15H2,1-3H3,(H,37,39)(H,40,41)/t17-,18-,24-,25-,27+,31-/m0/s1. The monoisotopic (exact) mass is 605 g/mol. The highest BCUT2D eigenvalue weighted by molar-refractivity contribution is 6.31. The van der Waals surface area contributed by atoms with E-state index in [-0.39, 0.29) is 38.4 Å². The topological polar surface area (TPSA) is 102 Å². The van der Waals surface area contributed by atoms with Crippen molar-refractivity contribution in [3.8, 4) is 6.07 Å². The minimum absolute atomic E-state index is 0.0258. The summed E-state index contributed by atoms with van der Waals surface area (Å²) in [5.41, 5.74) is -1.96. The number of carbonyl (C=O) groups is 2. The van der Waals surface area contributed by atoms with Crippen molar-refractivity contribution in [3.05, 3.63) is 69.2 Å². The molecule has 6 nitrogen and oxygen atoms in total. The third-order valence-electron chi connectivity index (χ3n) is 8.49. The van der Waals surface area contributed by atoms with E-state index in [9.17, 15) is 20.0 Å². The predicted molar refractivity (Wildman–Crippen MR) is 154 cm³/mol. The highest BCUT2D eigenvalue weighted by atomic mass is 35.5. The van der Waals surface area contributed by atoms with Crippen molar-refractivity contribution in [2.45, 2.75) is 76.3 Å². The van der Waals surface area contributed by atoms with Gasteiger partial charge in [0.1, 0.15) is 17.0 Å². The lowest BCUT2D eigenvalue weighted by Crippen LogP contribution is -2.47. The Balaban J connectivity index is 1.78. The van der Waals surface area contributed by atoms with E-state index in [1.54, 1.807) is 6.07 Å². The highest BCUT2D eigenvalue weighted by Crippen LogP contribution is 2.52. The van der Waals surface area contributed by atoms with Crippen molar-refractivity contribution in [1.29, 1.82) is 5.26 Å². The average Bonchev–Trinajstić information content (AvgIpc) is 3.22. The third-order valence-corrected chi connectivity index (χ3v) is 9.02. The van der Waals surface area contributed by atoms with E-state index in [0.29, 0.717) is 38.6 Å². The molecule has 4 atom stereocenters. The van der Waals surface area contributed by atoms with Crippen molar-refractivity contribution in [3.63, 3.8) is 0 Å². The van der Waals surface area contributed by atoms with E-state index < -0.39 is 46.9 Å². The smallest absolute Gasteiger partial charge is 0.306 e. The summed E-state index contributed by atoms with van der Waals surface area (Å²) >= 11 is 12.2. The van der Waals surface area contributed by atoms with Crippen LogP contribution in [0.5, 0.6) is 0 Å². The first-order valence-electron chi connectivity index (χ1n) is 13.9. The molecule has 220 valence electrons. The Labute approximate surface area is 249 Å². The van der Waals surface area contributed by atoms with Crippen molar-refractivity contribution in [1.82, 2.24) is 10.6 Å². The van der Waals surface area contributed by atoms with Gasteiger partial charge in [-0.1, -0.05) is 62.2 Å². The molecule has 41 heavy (non-hydrogen) atoms. The number of rotatable bonds is 7. The van der Waals surface area contributed by atoms with Crippen LogP contribution in [0.15, 0.2) is 36.4 Å². The van der Waals surface area contributed by atoms with Gasteiger partial charge in [-0.15, -0.1) is 0 Å². The molecule has 10 heteroatoms. The van der Waals surface area contributed by atoms with Crippen LogP contribution in [0.3, 0.4) is 0 Å². The molecule has 0 bridgehead atoms. The fraction of sp³-hybridized carbons (Fsp3) is 0.516. The number of halogens is 4. The molecule has 0 spiro atoms. The lowest BCUT2D eigenvalue weighted by Gasteiger charge is -2.37. The van der Waals surface area contributed by atoms with E-state index >= 15 is 8.78 Å². The second-order valence-corrected chi connectivity index (χ2v) is 13.3. The molecule has 3 N–H and O–H groups in total. The Kier molecular flexibility index (Phi) is 9.32. The summed E-state index contributed by atoms with van der Waals surface area (Å²) in [4.78, 5) is 25.2. The first kappa shape index (κ1) is 31.2. The molecule has 1 aliphatic carbocycles. The van der Waals surface area contributed by atoms with Gasteiger partial charge in [-0.05, 0) is 67.2 Å². The number of nitrogens with zero attached hydrogens (tertiary/aromatic N) is 1. The molecule has 2 fully saturated rings. The van der Waals surface area contributed by atoms with Crippen LogP contribution in [-0.2, 0) is 15.0 Å². The zero-order valence-electron chi connectivity index (χ0n) is 23.3. The summed E-state index contributed by atoms with van der Waals surface area (Å²) in [5, 5.41) is 26.5. The largest absolute Gasteiger partial charge is 0.481 e. The molecule has 0 radical (unpaired) electrons. The molecule has 1 amide bonds. The van der Waals surface area contributed by atoms with Gasteiger partial charge < -0.3 is 15.7 Å². The number of benzene rings is 2. The summed E-state index contributed by atoms with van der Waals surface area (Å²) in [6, 6.07) is 8.99. The van der Waals surface area contributed by atoms with Gasteiger partial charge in [0.15, 0.2) is 0 Å². The van der Waals surface area contributed by atoms with Crippen LogP contribution in [-0.4, -0.2) is 35.6 Å². The fourth-order valence-corrected chi connectivity index (χ4v) is 6.87. The summed E-state index contributed by atoms with van der Waals surface area (Å²) in [6.07, 6.45) is 2.77. The number of hydrogen-bond donors (Lipinski definition) is 3. The number of nitrogens with one attached hydrogen (secondary N) is 2. The average molecular weight is 607 g/mol. The second kappa shape index (κ2) is 12.2. The third kappa shape index (κ3) is 6.38. The number of carboxylic acids is 1. The van der Waals surface area contributed by atoms with Gasteiger partial charge in [0.2, 0.25) is 5.91 Å². The van der Waals surface area contributed by atoms with Crippen molar-refractivity contribution in [2.24, 2.45) is 17.3 Å². The molecular formula is C31H35Cl2F2N3O3. The minimum Gasteiger partial charge on any atom is -0.481 e. The number of aliphatic carboxylic acids is 1. The van der Waals surface area contributed by atoms with Gasteiger partial charge in [0, 0.05) is 29.1 Å². The number of hydrogen-bond acceptors (Lipinski definition) is 4. The van der Waals surface area contributed by atoms with E-state index in [4.69, 9.17) is 23.2 Å². The molecule has 0 unspecified atom stereocenters. The molecule has 1 saturated heterocycles. The Hall–Kier alpha value is -2.73. The highest BCUT2D eigenvalue weighted by Gasteiger charge is 2.61. The zero-order chi connectivity index (χ0) is 30.1. The number of carboxylic acid groups (broad SMARTS) is 1. The molecule has 4 rings (SSSR count). The van der Waals surface area contributed by atoms with Crippen LogP contribution in [0, 0.1) is 40.2 Å². The summed E-state index contributed by atoms with van der Waals surface area (Å²) in [6.45, 7) is 6.24. The first-order chi connectivity index (χ1) is 19.3. The summed E-state index contributed by atoms with van der Waals surface area (Å²) in [7, 11) is 0. The molecule has 1 saturated carbocycles. The van der Waals surface area contributed by atoms with Gasteiger partial charge >= 0.3 is 5.97 Å². The van der Waals surface area contributed by atoms with E-state index in [2.05, 4.69) is 16.7 Å². The van der Waals surface area contributed by atoms with Crippen LogP contribution in [0.25, 0.3) is 0 Å². The maximum Gasteiger partial charge on any atom is 0.306 e. The number of nitriles is 1. The molecule has 2 aliphatic rings. The summed E-state index contributed by atoms with van der Waals surface area (Å²) in [5.74, 6) is -4.15. The van der Waals surface area contributed by atoms with Gasteiger partial charge in [-0.3, -0.25) is 9.59 Å². The fourth-order valence-electron chi connectivity index (χ4n) is 6.53. The van der Waals surface area contributed by atoms with Gasteiger partial charge in [-0.25, -0.2) is 8.78 Å². The molecular weight excluding hydrogens is 571 g/mol. The van der Waals surface area contributed by atoms with Crippen LogP contribution in [0.1, 0.15) is 69.9 Å². The Morgan fingerprint density at radius 1 is 1.15 bits per heavy atom. The second-order valence-electron chi connectivity index (χ2n) is 12.5. The van der Waals surface area contributed by atoms with E-state index in [1.165, 1.54) is 24.3 Å². The summed E-state index contributed by atoms with van der Waals surface area (Å²) < 4.78 is 31.4. The van der Waals surface area contributed by atoms with Crippen molar-refractivity contribution >= 4 is 35.1 Å². The van der Waals surface area contributed by atoms with E-state index in [1.807, 2.05) is 20.8 Å². The first-order valence-corrected chi connectivity index (χ1v) is 14.6. The van der Waals surface area contributed by atoms with Gasteiger partial charge in [0.25, 0.3) is 0 Å². The quantitative estimate of drug-likeness (QED) is 0.330. The van der Waals surface area contributed by atoms with Crippen molar-refractivity contribution < 1.29 is 23.5 Å². The van der Waals surface area contributed by atoms with Gasteiger partial charge in [-0.2, -0.15) is 5.26 Å². The van der Waals surface area contributed by atoms with Crippen molar-refractivity contribution in [2.75, 3.05) is 6.54 Å². The molecule has 2 aromatic rings. The predicted octanol–water partition coefficient (Wildman–Crippen LogP) is 6.60. The maximum absolute atomic E-state index is 15.7. The SMILES string of the molecule is CC(C)(C)C[C@@H]1N[C@@H](C(=O)NC[C@H]2CC[C@H](C(=O)O)CC2)[C@H](c2cccc(Cl)c2F)[C@@]1(C#N)c1ccc(Cl)cc1F. The number of amides is 1. The lowest BCUT2D eigenvalue weighted by atomic mass is 9.62. The molecule has 2 aromatic carbocycles. The number of carbonyl (C=O) groups excluding carboxylic acids is 1. The Bertz CT molecular complexity index is 1350. The lowest BCUT2D eigenvalue weighted by molar-refractivity contribution is -0.143. The van der Waals surface area contributed by atoms with Crippen LogP contribution >= 0.6 is 23.2 Å². The van der Waals surface area contributed by atoms with E-state index in [0.717, 1.165) is 6.07 Å². The molecule has 1 heterocycles. The van der Waals surface area contributed by atoms with Crippen LogP contribution < -0.4 is 10.6 Å². The minimum atomic E-state index is -1.69. The zero-order valence-corrected chi connectivity index (χ0v) is 24.8. The normalized spacial score (nSPS) is 28.2. The Morgan fingerprint density at radius 3 is 2.41 bits per heavy atom. The molecule has 1 aliphatic heterocycles. The Morgan fingerprint density at radius 2 is 1.83 bits per heavy atom. The maximum atomic E-state index is 15.7.